The van der Waals surface area contributed by atoms with Gasteiger partial charge in [0.15, 0.2) is 0 Å². The zero-order valence-corrected chi connectivity index (χ0v) is 14.8. The summed E-state index contributed by atoms with van der Waals surface area (Å²) in [6.45, 7) is 5.77. The molecule has 0 radical (unpaired) electrons. The molecule has 0 fully saturated rings. The number of aromatic amines is 1. The van der Waals surface area contributed by atoms with Crippen molar-refractivity contribution in [3.05, 3.63) is 75.7 Å². The van der Waals surface area contributed by atoms with Crippen LogP contribution in [0, 0.1) is 13.8 Å². The first kappa shape index (κ1) is 16.8. The Morgan fingerprint density at radius 2 is 1.68 bits per heavy atom. The molecular formula is C20H21N3O2. The van der Waals surface area contributed by atoms with Gasteiger partial charge in [0.05, 0.1) is 29.8 Å². The van der Waals surface area contributed by atoms with E-state index in [4.69, 9.17) is 4.74 Å². The molecule has 0 atom stereocenters. The van der Waals surface area contributed by atoms with Crippen molar-refractivity contribution < 1.29 is 4.74 Å². The Morgan fingerprint density at radius 1 is 1.04 bits per heavy atom. The Morgan fingerprint density at radius 3 is 2.28 bits per heavy atom. The topological polar surface area (TPSA) is 59.4 Å². The monoisotopic (exact) mass is 335 g/mol. The van der Waals surface area contributed by atoms with Gasteiger partial charge in [0.25, 0.3) is 5.56 Å². The van der Waals surface area contributed by atoms with Gasteiger partial charge >= 0.3 is 0 Å². The van der Waals surface area contributed by atoms with Gasteiger partial charge in [-0.1, -0.05) is 17.7 Å². The molecule has 0 spiro atoms. The van der Waals surface area contributed by atoms with Crippen LogP contribution in [-0.4, -0.2) is 22.6 Å². The number of aliphatic imine (C=N–C) groups is 1. The number of benzene rings is 2. The average molecular weight is 335 g/mol. The average Bonchev–Trinajstić information content (AvgIpc) is 2.91. The van der Waals surface area contributed by atoms with E-state index in [-0.39, 0.29) is 5.56 Å². The molecule has 5 nitrogen and oxygen atoms in total. The quantitative estimate of drug-likeness (QED) is 0.734. The van der Waals surface area contributed by atoms with E-state index >= 15 is 0 Å². The van der Waals surface area contributed by atoms with Gasteiger partial charge < -0.3 is 4.74 Å². The number of nitrogens with one attached hydrogen (secondary N) is 1. The zero-order valence-electron chi connectivity index (χ0n) is 14.8. The zero-order chi connectivity index (χ0) is 18.0. The number of rotatable bonds is 4. The minimum Gasteiger partial charge on any atom is -0.497 e. The van der Waals surface area contributed by atoms with Crippen LogP contribution >= 0.6 is 0 Å². The fourth-order valence-electron chi connectivity index (χ4n) is 2.75. The van der Waals surface area contributed by atoms with E-state index in [1.165, 1.54) is 10.2 Å². The fourth-order valence-corrected chi connectivity index (χ4v) is 2.75. The van der Waals surface area contributed by atoms with Crippen molar-refractivity contribution in [3.8, 4) is 11.4 Å². The number of hydrogen-bond donors (Lipinski definition) is 1. The van der Waals surface area contributed by atoms with Crippen LogP contribution in [0.4, 0.5) is 5.69 Å². The fraction of sp³-hybridized carbons (Fsp3) is 0.200. The van der Waals surface area contributed by atoms with Crippen molar-refractivity contribution >= 4 is 11.4 Å². The maximum absolute atomic E-state index is 12.9. The first-order chi connectivity index (χ1) is 12.0. The molecule has 1 N–H and O–H groups in total. The van der Waals surface area contributed by atoms with Crippen LogP contribution in [0.5, 0.6) is 5.75 Å². The molecule has 0 aliphatic rings. The summed E-state index contributed by atoms with van der Waals surface area (Å²) in [5.74, 6) is 0.748. The maximum atomic E-state index is 12.9. The summed E-state index contributed by atoms with van der Waals surface area (Å²) in [6.07, 6.45) is 0. The number of methoxy groups -OCH3 is 1. The van der Waals surface area contributed by atoms with E-state index in [2.05, 4.69) is 10.1 Å². The summed E-state index contributed by atoms with van der Waals surface area (Å²) in [6, 6.07) is 15.2. The number of aryl methyl sites for hydroxylation is 2. The molecule has 3 rings (SSSR count). The summed E-state index contributed by atoms with van der Waals surface area (Å²) in [5, 5.41) is 3.13. The van der Waals surface area contributed by atoms with Crippen LogP contribution in [0.15, 0.2) is 58.3 Å². The van der Waals surface area contributed by atoms with E-state index < -0.39 is 0 Å². The lowest BCUT2D eigenvalue weighted by Crippen LogP contribution is -2.19. The standard InChI is InChI=1S/C20H21N3O2/c1-13-5-7-16(8-6-13)21-14(2)19-15(3)22-23(20(19)24)17-9-11-18(25-4)12-10-17/h5-12,22H,1-4H3. The normalized spacial score (nSPS) is 11.6. The third-order valence-corrected chi connectivity index (χ3v) is 4.09. The van der Waals surface area contributed by atoms with Crippen LogP contribution in [0.25, 0.3) is 5.69 Å². The molecule has 1 heterocycles. The Bertz CT molecular complexity index is 962. The van der Waals surface area contributed by atoms with Gasteiger partial charge in [0.1, 0.15) is 5.75 Å². The number of ether oxygens (including phenoxy) is 1. The summed E-state index contributed by atoms with van der Waals surface area (Å²) >= 11 is 0. The number of aromatic nitrogens is 2. The van der Waals surface area contributed by atoms with Crippen molar-refractivity contribution in [1.29, 1.82) is 0 Å². The molecule has 128 valence electrons. The Labute approximate surface area is 146 Å². The van der Waals surface area contributed by atoms with Gasteiger partial charge in [-0.05, 0) is 57.2 Å². The van der Waals surface area contributed by atoms with Gasteiger partial charge in [-0.2, -0.15) is 0 Å². The van der Waals surface area contributed by atoms with Crippen molar-refractivity contribution in [2.75, 3.05) is 7.11 Å². The SMILES string of the molecule is COc1ccc(-n2[nH]c(C)c(C(C)=Nc3ccc(C)cc3)c2=O)cc1. The van der Waals surface area contributed by atoms with Gasteiger partial charge in [0.2, 0.25) is 0 Å². The molecule has 0 saturated carbocycles. The second-order valence-corrected chi connectivity index (χ2v) is 5.98. The van der Waals surface area contributed by atoms with E-state index in [9.17, 15) is 4.79 Å². The second-order valence-electron chi connectivity index (χ2n) is 5.98. The predicted octanol–water partition coefficient (Wildman–Crippen LogP) is 3.93. The molecule has 2 aromatic carbocycles. The van der Waals surface area contributed by atoms with E-state index in [1.807, 2.05) is 69.3 Å². The molecule has 0 aliphatic carbocycles. The molecule has 0 bridgehead atoms. The van der Waals surface area contributed by atoms with Crippen molar-refractivity contribution in [1.82, 2.24) is 9.78 Å². The van der Waals surface area contributed by atoms with Gasteiger partial charge in [-0.25, -0.2) is 4.68 Å². The molecule has 0 amide bonds. The Kier molecular flexibility index (Phi) is 4.57. The molecule has 1 aromatic heterocycles. The van der Waals surface area contributed by atoms with Crippen LogP contribution in [0.2, 0.25) is 0 Å². The third kappa shape index (κ3) is 3.40. The highest BCUT2D eigenvalue weighted by atomic mass is 16.5. The highest BCUT2D eigenvalue weighted by molar-refractivity contribution is 6.00. The first-order valence-corrected chi connectivity index (χ1v) is 8.08. The number of nitrogens with zero attached hydrogens (tertiary/aromatic N) is 2. The van der Waals surface area contributed by atoms with E-state index in [0.717, 1.165) is 22.8 Å². The summed E-state index contributed by atoms with van der Waals surface area (Å²) < 4.78 is 6.69. The minimum atomic E-state index is -0.115. The lowest BCUT2D eigenvalue weighted by molar-refractivity contribution is 0.414. The van der Waals surface area contributed by atoms with Crippen molar-refractivity contribution in [3.63, 3.8) is 0 Å². The van der Waals surface area contributed by atoms with Gasteiger partial charge in [0, 0.05) is 5.69 Å². The molecule has 0 aliphatic heterocycles. The van der Waals surface area contributed by atoms with Gasteiger partial charge in [-0.15, -0.1) is 0 Å². The molecule has 0 unspecified atom stereocenters. The molecular weight excluding hydrogens is 314 g/mol. The van der Waals surface area contributed by atoms with Crippen LogP contribution in [0.1, 0.15) is 23.7 Å². The molecule has 25 heavy (non-hydrogen) atoms. The summed E-state index contributed by atoms with van der Waals surface area (Å²) in [4.78, 5) is 17.4. The highest BCUT2D eigenvalue weighted by Gasteiger charge is 2.15. The minimum absolute atomic E-state index is 0.115. The van der Waals surface area contributed by atoms with Crippen LogP contribution in [0.3, 0.4) is 0 Å². The molecule has 3 aromatic rings. The van der Waals surface area contributed by atoms with Crippen molar-refractivity contribution in [2.45, 2.75) is 20.8 Å². The lowest BCUT2D eigenvalue weighted by Gasteiger charge is -2.03. The van der Waals surface area contributed by atoms with Crippen molar-refractivity contribution in [2.24, 2.45) is 4.99 Å². The van der Waals surface area contributed by atoms with E-state index in [0.29, 0.717) is 11.3 Å². The first-order valence-electron chi connectivity index (χ1n) is 8.08. The van der Waals surface area contributed by atoms with E-state index in [1.54, 1.807) is 7.11 Å². The molecule has 5 heteroatoms. The summed E-state index contributed by atoms with van der Waals surface area (Å²) in [5.41, 5.74) is 4.72. The second kappa shape index (κ2) is 6.81. The highest BCUT2D eigenvalue weighted by Crippen LogP contribution is 2.17. The smallest absolute Gasteiger partial charge is 0.280 e. The summed E-state index contributed by atoms with van der Waals surface area (Å²) in [7, 11) is 1.61. The lowest BCUT2D eigenvalue weighted by atomic mass is 10.1. The number of hydrogen-bond acceptors (Lipinski definition) is 3. The Balaban J connectivity index is 2.01. The predicted molar refractivity (Wildman–Crippen MR) is 101 cm³/mol. The molecule has 0 saturated heterocycles. The maximum Gasteiger partial charge on any atom is 0.280 e. The van der Waals surface area contributed by atoms with Crippen LogP contribution in [-0.2, 0) is 0 Å². The largest absolute Gasteiger partial charge is 0.497 e. The van der Waals surface area contributed by atoms with Crippen LogP contribution < -0.4 is 10.3 Å². The Hall–Kier alpha value is -3.08. The van der Waals surface area contributed by atoms with Gasteiger partial charge in [-0.3, -0.25) is 14.9 Å². The third-order valence-electron chi connectivity index (χ3n) is 4.09. The number of H-pyrrole nitrogens is 1.